The zero-order chi connectivity index (χ0) is 27.8. The van der Waals surface area contributed by atoms with E-state index in [1.807, 2.05) is 50.2 Å². The maximum Gasteiger partial charge on any atom is 0.338 e. The molecule has 39 heavy (non-hydrogen) atoms. The zero-order valence-corrected chi connectivity index (χ0v) is 24.5. The van der Waals surface area contributed by atoms with Gasteiger partial charge < -0.3 is 14.4 Å². The Morgan fingerprint density at radius 2 is 1.90 bits per heavy atom. The van der Waals surface area contributed by atoms with Crippen LogP contribution < -0.4 is 24.5 Å². The van der Waals surface area contributed by atoms with Gasteiger partial charge >= 0.3 is 5.97 Å². The molecule has 0 radical (unpaired) electrons. The van der Waals surface area contributed by atoms with Gasteiger partial charge in [-0.2, -0.15) is 0 Å². The van der Waals surface area contributed by atoms with Crippen molar-refractivity contribution < 1.29 is 19.1 Å². The number of methoxy groups -OCH3 is 1. The van der Waals surface area contributed by atoms with Gasteiger partial charge in [0.2, 0.25) is 0 Å². The van der Waals surface area contributed by atoms with E-state index in [9.17, 15) is 14.4 Å². The first kappa shape index (κ1) is 27.1. The molecule has 0 spiro atoms. The maximum atomic E-state index is 14.3. The number of likely N-dealkylation sites (N-methyl/N-ethyl adjacent to an activating group) is 1. The van der Waals surface area contributed by atoms with Crippen LogP contribution in [0.1, 0.15) is 50.8 Å². The Balaban J connectivity index is 1.89. The van der Waals surface area contributed by atoms with E-state index in [2.05, 4.69) is 15.9 Å². The Morgan fingerprint density at radius 1 is 1.13 bits per heavy atom. The number of hydrogen-bond acceptors (Lipinski definition) is 7. The number of nitrogens with zero attached hydrogens (tertiary/aromatic N) is 3. The second kappa shape index (κ2) is 10.9. The average Bonchev–Trinajstić information content (AvgIpc) is 3.39. The molecule has 8 nitrogen and oxygen atoms in total. The molecule has 5 rings (SSSR count). The number of esters is 1. The van der Waals surface area contributed by atoms with Crippen molar-refractivity contribution >= 4 is 50.4 Å². The van der Waals surface area contributed by atoms with Gasteiger partial charge in [-0.3, -0.25) is 14.2 Å². The summed E-state index contributed by atoms with van der Waals surface area (Å²) in [4.78, 5) is 48.3. The molecule has 0 saturated heterocycles. The van der Waals surface area contributed by atoms with E-state index in [1.165, 1.54) is 15.9 Å². The highest BCUT2D eigenvalue weighted by molar-refractivity contribution is 9.10. The Kier molecular flexibility index (Phi) is 7.59. The summed E-state index contributed by atoms with van der Waals surface area (Å²) in [6, 6.07) is 12.1. The normalized spacial score (nSPS) is 17.6. The lowest BCUT2D eigenvalue weighted by Gasteiger charge is -2.26. The number of rotatable bonds is 7. The summed E-state index contributed by atoms with van der Waals surface area (Å²) in [6.45, 7) is 6.30. The molecule has 1 aromatic heterocycles. The quantitative estimate of drug-likeness (QED) is 0.376. The summed E-state index contributed by atoms with van der Waals surface area (Å²) >= 11 is 4.68. The van der Waals surface area contributed by atoms with Crippen LogP contribution in [0.2, 0.25) is 0 Å². The predicted octanol–water partition coefficient (Wildman–Crippen LogP) is 4.09. The maximum absolute atomic E-state index is 14.3. The molecule has 3 heterocycles. The molecule has 2 aliphatic heterocycles. The first-order valence-electron chi connectivity index (χ1n) is 12.8. The number of benzene rings is 2. The van der Waals surface area contributed by atoms with E-state index in [4.69, 9.17) is 14.5 Å². The summed E-state index contributed by atoms with van der Waals surface area (Å²) in [5.41, 5.74) is 2.91. The number of anilines is 1. The molecule has 1 amide bonds. The second-order valence-corrected chi connectivity index (χ2v) is 11.0. The summed E-state index contributed by atoms with van der Waals surface area (Å²) in [7, 11) is 1.55. The van der Waals surface area contributed by atoms with Crippen molar-refractivity contribution in [2.45, 2.75) is 39.7 Å². The summed E-state index contributed by atoms with van der Waals surface area (Å²) in [5, 5.41) is 0. The molecule has 0 bridgehead atoms. The van der Waals surface area contributed by atoms with Gasteiger partial charge in [0, 0.05) is 22.1 Å². The number of aromatic nitrogens is 1. The first-order valence-corrected chi connectivity index (χ1v) is 14.5. The van der Waals surface area contributed by atoms with Gasteiger partial charge in [0.15, 0.2) is 4.80 Å². The number of carbonyl (C=O) groups excluding carboxylic acids is 2. The number of amides is 1. The van der Waals surface area contributed by atoms with Gasteiger partial charge in [0.25, 0.3) is 11.5 Å². The van der Waals surface area contributed by atoms with Gasteiger partial charge in [-0.15, -0.1) is 0 Å². The molecule has 0 fully saturated rings. The molecular weight excluding hydrogens is 582 g/mol. The summed E-state index contributed by atoms with van der Waals surface area (Å²) in [5.74, 6) is -0.228. The molecule has 0 unspecified atom stereocenters. The average molecular weight is 611 g/mol. The summed E-state index contributed by atoms with van der Waals surface area (Å²) < 4.78 is 13.7. The Labute approximate surface area is 238 Å². The molecular formula is C29H28BrN3O5S. The van der Waals surface area contributed by atoms with E-state index < -0.39 is 12.0 Å². The van der Waals surface area contributed by atoms with Crippen molar-refractivity contribution in [3.63, 3.8) is 0 Å². The third-order valence-corrected chi connectivity index (χ3v) is 8.37. The SMILES string of the molecule is CCCC1=C(C(=O)OCC)[C@@H](c2ccccc2OC)n2c(s/c(=C3/C(=O)N(CC)c4ccc(Br)cc43)c2=O)=N1. The molecule has 3 aromatic rings. The van der Waals surface area contributed by atoms with Gasteiger partial charge in [-0.1, -0.05) is 58.8 Å². The minimum Gasteiger partial charge on any atom is -0.496 e. The van der Waals surface area contributed by atoms with Gasteiger partial charge in [0.05, 0.1) is 36.2 Å². The third-order valence-electron chi connectivity index (χ3n) is 6.82. The monoisotopic (exact) mass is 609 g/mol. The predicted molar refractivity (Wildman–Crippen MR) is 154 cm³/mol. The zero-order valence-electron chi connectivity index (χ0n) is 22.1. The van der Waals surface area contributed by atoms with E-state index >= 15 is 0 Å². The molecule has 10 heteroatoms. The van der Waals surface area contributed by atoms with Gasteiger partial charge in [-0.25, -0.2) is 9.79 Å². The highest BCUT2D eigenvalue weighted by Gasteiger charge is 2.38. The second-order valence-electron chi connectivity index (χ2n) is 9.06. The number of thiazole rings is 1. The number of carbonyl (C=O) groups is 2. The van der Waals surface area contributed by atoms with Crippen molar-refractivity contribution in [1.82, 2.24) is 4.57 Å². The minimum absolute atomic E-state index is 0.183. The van der Waals surface area contributed by atoms with Crippen LogP contribution in [-0.4, -0.2) is 36.7 Å². The molecule has 0 aliphatic carbocycles. The number of allylic oxidation sites excluding steroid dienone is 1. The van der Waals surface area contributed by atoms with Crippen molar-refractivity contribution in [2.24, 2.45) is 4.99 Å². The van der Waals surface area contributed by atoms with Gasteiger partial charge in [-0.05, 0) is 44.5 Å². The molecule has 202 valence electrons. The lowest BCUT2D eigenvalue weighted by atomic mass is 9.93. The molecule has 2 aliphatic rings. The largest absolute Gasteiger partial charge is 0.496 e. The van der Waals surface area contributed by atoms with Crippen molar-refractivity contribution in [1.29, 1.82) is 0 Å². The highest BCUT2D eigenvalue weighted by Crippen LogP contribution is 2.39. The van der Waals surface area contributed by atoms with Crippen LogP contribution in [0.3, 0.4) is 0 Å². The molecule has 1 atom stereocenters. The number of halogens is 1. The van der Waals surface area contributed by atoms with E-state index in [0.29, 0.717) is 51.5 Å². The number of hydrogen-bond donors (Lipinski definition) is 0. The van der Waals surface area contributed by atoms with Crippen LogP contribution in [0.25, 0.3) is 5.57 Å². The lowest BCUT2D eigenvalue weighted by Crippen LogP contribution is -2.41. The van der Waals surface area contributed by atoms with Crippen molar-refractivity contribution in [3.8, 4) is 5.75 Å². The van der Waals surface area contributed by atoms with E-state index in [0.717, 1.165) is 16.6 Å². The molecule has 2 aromatic carbocycles. The van der Waals surface area contributed by atoms with Gasteiger partial charge in [0.1, 0.15) is 16.3 Å². The Bertz CT molecular complexity index is 1700. The molecule has 0 N–H and O–H groups in total. The standard InChI is InChI=1S/C29H28BrN3O5S/c1-5-10-19-23(28(36)38-7-3)24(17-11-8-9-12-21(17)37-4)33-27(35)25(39-29(33)31-19)22-18-15-16(30)13-14-20(18)32(6-2)26(22)34/h8-9,11-15,24H,5-7,10H2,1-4H3/b25-22+/t24-/m1/s1. The molecule has 0 saturated carbocycles. The van der Waals surface area contributed by atoms with Crippen LogP contribution in [0.15, 0.2) is 68.0 Å². The minimum atomic E-state index is -0.826. The van der Waals surface area contributed by atoms with Crippen LogP contribution in [0, 0.1) is 0 Å². The van der Waals surface area contributed by atoms with Crippen LogP contribution in [-0.2, 0) is 14.3 Å². The number of ether oxygens (including phenoxy) is 2. The smallest absolute Gasteiger partial charge is 0.338 e. The van der Waals surface area contributed by atoms with E-state index in [-0.39, 0.29) is 22.6 Å². The Morgan fingerprint density at radius 3 is 2.59 bits per heavy atom. The van der Waals surface area contributed by atoms with E-state index in [1.54, 1.807) is 25.0 Å². The lowest BCUT2D eigenvalue weighted by molar-refractivity contribution is -0.139. The number of para-hydroxylation sites is 1. The number of fused-ring (bicyclic) bond motifs is 2. The first-order chi connectivity index (χ1) is 18.9. The van der Waals surface area contributed by atoms with Crippen molar-refractivity contribution in [2.75, 3.05) is 25.2 Å². The summed E-state index contributed by atoms with van der Waals surface area (Å²) in [6.07, 6.45) is 1.27. The van der Waals surface area contributed by atoms with Crippen LogP contribution in [0.5, 0.6) is 5.75 Å². The Hall–Kier alpha value is -3.50. The van der Waals surface area contributed by atoms with Crippen LogP contribution >= 0.6 is 27.3 Å². The van der Waals surface area contributed by atoms with Crippen LogP contribution in [0.4, 0.5) is 5.69 Å². The fourth-order valence-electron chi connectivity index (χ4n) is 5.19. The fraction of sp³-hybridized carbons (Fsp3) is 0.310. The third kappa shape index (κ3) is 4.45. The highest BCUT2D eigenvalue weighted by atomic mass is 79.9. The van der Waals surface area contributed by atoms with Crippen molar-refractivity contribution in [3.05, 3.63) is 89.0 Å². The fourth-order valence-corrected chi connectivity index (χ4v) is 6.67. The topological polar surface area (TPSA) is 90.2 Å².